The van der Waals surface area contributed by atoms with Crippen molar-refractivity contribution in [2.75, 3.05) is 6.54 Å². The summed E-state index contributed by atoms with van der Waals surface area (Å²) in [5.41, 5.74) is 0.875. The summed E-state index contributed by atoms with van der Waals surface area (Å²) < 4.78 is 33.9. The third-order valence-corrected chi connectivity index (χ3v) is 5.27. The van der Waals surface area contributed by atoms with Gasteiger partial charge in [0.25, 0.3) is 5.91 Å². The summed E-state index contributed by atoms with van der Waals surface area (Å²) in [6.07, 6.45) is 1.47. The predicted molar refractivity (Wildman–Crippen MR) is 99.4 cm³/mol. The zero-order chi connectivity index (χ0) is 19.3. The van der Waals surface area contributed by atoms with Crippen LogP contribution >= 0.6 is 0 Å². The van der Waals surface area contributed by atoms with Gasteiger partial charge in [0.05, 0.1) is 11.5 Å². The zero-order valence-corrected chi connectivity index (χ0v) is 16.3. The van der Waals surface area contributed by atoms with Gasteiger partial charge in [0.2, 0.25) is 0 Å². The first kappa shape index (κ1) is 20.0. The highest BCUT2D eigenvalue weighted by Crippen LogP contribution is 2.19. The fourth-order valence-electron chi connectivity index (χ4n) is 2.32. The molecule has 0 radical (unpaired) electrons. The highest BCUT2D eigenvalue weighted by molar-refractivity contribution is 7.87. The van der Waals surface area contributed by atoms with E-state index < -0.39 is 15.4 Å². The first-order valence-corrected chi connectivity index (χ1v) is 10.0. The molecular formula is C19H25NO5S. The molecule has 2 rings (SSSR count). The van der Waals surface area contributed by atoms with Crippen LogP contribution in [-0.2, 0) is 16.7 Å². The molecule has 26 heavy (non-hydrogen) atoms. The fourth-order valence-corrected chi connectivity index (χ4v) is 2.89. The van der Waals surface area contributed by atoms with Crippen LogP contribution in [0, 0.1) is 5.92 Å². The summed E-state index contributed by atoms with van der Waals surface area (Å²) in [5.74, 6) is 0.683. The van der Waals surface area contributed by atoms with Gasteiger partial charge in [0.1, 0.15) is 5.75 Å². The summed E-state index contributed by atoms with van der Waals surface area (Å²) in [5, 5.41) is -0.616. The van der Waals surface area contributed by atoms with Crippen molar-refractivity contribution in [3.63, 3.8) is 0 Å². The van der Waals surface area contributed by atoms with Crippen LogP contribution in [0.25, 0.3) is 0 Å². The molecule has 0 fully saturated rings. The Morgan fingerprint density at radius 1 is 1.12 bits per heavy atom. The van der Waals surface area contributed by atoms with Gasteiger partial charge in [-0.25, -0.2) is 0 Å². The summed E-state index contributed by atoms with van der Waals surface area (Å²) in [7, 11) is -3.62. The van der Waals surface area contributed by atoms with Crippen LogP contribution in [-0.4, -0.2) is 31.0 Å². The molecule has 0 saturated carbocycles. The minimum Gasteiger partial charge on any atom is -0.459 e. The van der Waals surface area contributed by atoms with Gasteiger partial charge in [-0.15, -0.1) is 0 Å². The van der Waals surface area contributed by atoms with Crippen molar-refractivity contribution in [3.8, 4) is 5.75 Å². The van der Waals surface area contributed by atoms with Gasteiger partial charge in [-0.05, 0) is 49.6 Å². The Morgan fingerprint density at radius 2 is 1.77 bits per heavy atom. The molecule has 1 aromatic heterocycles. The van der Waals surface area contributed by atoms with Crippen LogP contribution in [0.2, 0.25) is 0 Å². The maximum absolute atomic E-state index is 12.6. The van der Waals surface area contributed by atoms with Crippen LogP contribution in [0.5, 0.6) is 5.75 Å². The molecule has 1 aromatic carbocycles. The minimum atomic E-state index is -3.62. The number of rotatable bonds is 8. The molecule has 1 amide bonds. The van der Waals surface area contributed by atoms with E-state index >= 15 is 0 Å². The van der Waals surface area contributed by atoms with E-state index in [1.54, 1.807) is 55.1 Å². The lowest BCUT2D eigenvalue weighted by Crippen LogP contribution is -2.33. The van der Waals surface area contributed by atoms with E-state index in [0.717, 1.165) is 5.56 Å². The van der Waals surface area contributed by atoms with E-state index in [2.05, 4.69) is 0 Å². The van der Waals surface area contributed by atoms with Gasteiger partial charge < -0.3 is 13.5 Å². The first-order valence-electron chi connectivity index (χ1n) is 8.54. The normalized spacial score (nSPS) is 11.8. The molecule has 0 unspecified atom stereocenters. The Hall–Kier alpha value is -2.28. The quantitative estimate of drug-likeness (QED) is 0.654. The number of hydrogen-bond acceptors (Lipinski definition) is 5. The topological polar surface area (TPSA) is 76.8 Å². The van der Waals surface area contributed by atoms with Crippen LogP contribution in [0.4, 0.5) is 0 Å². The summed E-state index contributed by atoms with van der Waals surface area (Å²) in [4.78, 5) is 14.3. The molecule has 0 aliphatic carbocycles. The average Bonchev–Trinajstić information content (AvgIpc) is 3.09. The second-order valence-electron chi connectivity index (χ2n) is 6.83. The molecule has 142 valence electrons. The Kier molecular flexibility index (Phi) is 6.47. The molecule has 0 N–H and O–H groups in total. The standard InChI is InChI=1S/C19H25NO5S/c1-14(2)12-20(19(21)18-6-5-11-24-18)13-16-7-9-17(10-8-16)25-26(22,23)15(3)4/h5-11,14-15H,12-13H2,1-4H3. The van der Waals surface area contributed by atoms with Crippen molar-refractivity contribution in [2.45, 2.75) is 39.5 Å². The third kappa shape index (κ3) is 5.36. The van der Waals surface area contributed by atoms with E-state index in [0.29, 0.717) is 24.8 Å². The molecule has 0 saturated heterocycles. The van der Waals surface area contributed by atoms with Gasteiger partial charge in [0, 0.05) is 13.1 Å². The monoisotopic (exact) mass is 379 g/mol. The smallest absolute Gasteiger partial charge is 0.311 e. The lowest BCUT2D eigenvalue weighted by Gasteiger charge is -2.24. The molecule has 2 aromatic rings. The number of carbonyl (C=O) groups is 1. The van der Waals surface area contributed by atoms with Crippen LogP contribution < -0.4 is 4.18 Å². The average molecular weight is 379 g/mol. The van der Waals surface area contributed by atoms with Crippen molar-refractivity contribution < 1.29 is 21.8 Å². The minimum absolute atomic E-state index is 0.175. The number of amides is 1. The van der Waals surface area contributed by atoms with E-state index in [9.17, 15) is 13.2 Å². The second-order valence-corrected chi connectivity index (χ2v) is 8.92. The van der Waals surface area contributed by atoms with Crippen molar-refractivity contribution in [1.29, 1.82) is 0 Å². The Bertz CT molecular complexity index is 808. The van der Waals surface area contributed by atoms with E-state index in [1.807, 2.05) is 13.8 Å². The molecule has 0 aliphatic heterocycles. The summed E-state index contributed by atoms with van der Waals surface area (Å²) >= 11 is 0. The molecule has 0 atom stereocenters. The molecule has 0 spiro atoms. The molecule has 0 bridgehead atoms. The highest BCUT2D eigenvalue weighted by atomic mass is 32.2. The second kappa shape index (κ2) is 8.40. The van der Waals surface area contributed by atoms with Gasteiger partial charge in [0.15, 0.2) is 5.76 Å². The van der Waals surface area contributed by atoms with Crippen LogP contribution in [0.1, 0.15) is 43.8 Å². The largest absolute Gasteiger partial charge is 0.459 e. The van der Waals surface area contributed by atoms with Crippen LogP contribution in [0.3, 0.4) is 0 Å². The lowest BCUT2D eigenvalue weighted by molar-refractivity contribution is 0.0690. The van der Waals surface area contributed by atoms with Crippen molar-refractivity contribution >= 4 is 16.0 Å². The van der Waals surface area contributed by atoms with Gasteiger partial charge in [-0.1, -0.05) is 26.0 Å². The highest BCUT2D eigenvalue weighted by Gasteiger charge is 2.20. The molecule has 7 heteroatoms. The molecular weight excluding hydrogens is 354 g/mol. The molecule has 6 nitrogen and oxygen atoms in total. The maximum atomic E-state index is 12.6. The Morgan fingerprint density at radius 3 is 2.27 bits per heavy atom. The van der Waals surface area contributed by atoms with Crippen molar-refractivity contribution in [3.05, 3.63) is 54.0 Å². The van der Waals surface area contributed by atoms with Crippen molar-refractivity contribution in [2.24, 2.45) is 5.92 Å². The van der Waals surface area contributed by atoms with E-state index in [-0.39, 0.29) is 11.7 Å². The SMILES string of the molecule is CC(C)CN(Cc1ccc(OS(=O)(=O)C(C)C)cc1)C(=O)c1ccco1. The summed E-state index contributed by atoms with van der Waals surface area (Å²) in [6.45, 7) is 8.18. The number of benzene rings is 1. The van der Waals surface area contributed by atoms with E-state index in [1.165, 1.54) is 6.26 Å². The number of furan rings is 1. The predicted octanol–water partition coefficient (Wildman–Crippen LogP) is 3.70. The van der Waals surface area contributed by atoms with E-state index in [4.69, 9.17) is 8.60 Å². The third-order valence-electron chi connectivity index (χ3n) is 3.69. The van der Waals surface area contributed by atoms with Crippen molar-refractivity contribution in [1.82, 2.24) is 4.90 Å². The zero-order valence-electron chi connectivity index (χ0n) is 15.5. The number of nitrogens with zero attached hydrogens (tertiary/aromatic N) is 1. The summed E-state index contributed by atoms with van der Waals surface area (Å²) in [6, 6.07) is 10.0. The number of hydrogen-bond donors (Lipinski definition) is 0. The first-order chi connectivity index (χ1) is 12.2. The molecule has 1 heterocycles. The van der Waals surface area contributed by atoms with Gasteiger partial charge >= 0.3 is 10.1 Å². The Labute approximate surface area is 154 Å². The lowest BCUT2D eigenvalue weighted by atomic mass is 10.1. The fraction of sp³-hybridized carbons (Fsp3) is 0.421. The number of carbonyl (C=O) groups excluding carboxylic acids is 1. The van der Waals surface area contributed by atoms with Gasteiger partial charge in [-0.2, -0.15) is 8.42 Å². The van der Waals surface area contributed by atoms with Gasteiger partial charge in [-0.3, -0.25) is 4.79 Å². The molecule has 0 aliphatic rings. The maximum Gasteiger partial charge on any atom is 0.311 e. The van der Waals surface area contributed by atoms with Crippen LogP contribution in [0.15, 0.2) is 47.1 Å². The Balaban J connectivity index is 2.12.